The van der Waals surface area contributed by atoms with Crippen molar-refractivity contribution in [1.29, 1.82) is 0 Å². The fourth-order valence-electron chi connectivity index (χ4n) is 4.03. The van der Waals surface area contributed by atoms with E-state index in [2.05, 4.69) is 48.6 Å². The van der Waals surface area contributed by atoms with Gasteiger partial charge in [0.2, 0.25) is 0 Å². The van der Waals surface area contributed by atoms with Crippen LogP contribution in [-0.2, 0) is 4.74 Å². The van der Waals surface area contributed by atoms with Crippen LogP contribution in [-0.4, -0.2) is 42.3 Å². The highest BCUT2D eigenvalue weighted by molar-refractivity contribution is 5.68. The lowest BCUT2D eigenvalue weighted by Gasteiger charge is -2.33. The summed E-state index contributed by atoms with van der Waals surface area (Å²) < 4.78 is 5.49. The van der Waals surface area contributed by atoms with E-state index in [0.29, 0.717) is 17.9 Å². The molecule has 0 aromatic heterocycles. The summed E-state index contributed by atoms with van der Waals surface area (Å²) in [4.78, 5) is 14.0. The second kappa shape index (κ2) is 9.13. The second-order valence-corrected chi connectivity index (χ2v) is 9.25. The summed E-state index contributed by atoms with van der Waals surface area (Å²) in [6.45, 7) is 10.7. The first-order valence-corrected chi connectivity index (χ1v) is 10.8. The zero-order chi connectivity index (χ0) is 20.1. The number of benzene rings is 1. The van der Waals surface area contributed by atoms with Gasteiger partial charge in [-0.15, -0.1) is 0 Å². The molecule has 1 aliphatic carbocycles. The molecule has 2 atom stereocenters. The fraction of sp³-hybridized carbons (Fsp3) is 0.625. The van der Waals surface area contributed by atoms with Crippen LogP contribution in [0.1, 0.15) is 58.9 Å². The Balaban J connectivity index is 1.40. The van der Waals surface area contributed by atoms with Crippen LogP contribution in [0.4, 0.5) is 4.79 Å². The van der Waals surface area contributed by atoms with E-state index in [0.717, 1.165) is 38.9 Å². The molecule has 2 fully saturated rings. The minimum atomic E-state index is -0.416. The molecule has 1 saturated carbocycles. The lowest BCUT2D eigenvalue weighted by molar-refractivity contribution is 0.0184. The zero-order valence-corrected chi connectivity index (χ0v) is 17.9. The highest BCUT2D eigenvalue weighted by atomic mass is 16.6. The standard InChI is InChI=1S/C24H36N2O2/c1-5-20(15-18-9-7-6-8-10-18)21-16-22(21)25-17-19-11-13-26(14-12-19)23(27)28-24(2,3)4/h6-10,15,19,21-22,25H,5,11-14,16-17H2,1-4H3/b20-15+. The molecule has 1 saturated heterocycles. The topological polar surface area (TPSA) is 41.6 Å². The first kappa shape index (κ1) is 20.9. The third kappa shape index (κ3) is 6.10. The fourth-order valence-corrected chi connectivity index (χ4v) is 4.03. The van der Waals surface area contributed by atoms with Crippen molar-refractivity contribution in [3.63, 3.8) is 0 Å². The summed E-state index contributed by atoms with van der Waals surface area (Å²) in [5.41, 5.74) is 2.45. The second-order valence-electron chi connectivity index (χ2n) is 9.25. The number of hydrogen-bond donors (Lipinski definition) is 1. The maximum atomic E-state index is 12.2. The quantitative estimate of drug-likeness (QED) is 0.741. The number of nitrogens with zero attached hydrogens (tertiary/aromatic N) is 1. The van der Waals surface area contributed by atoms with Gasteiger partial charge < -0.3 is 15.0 Å². The van der Waals surface area contributed by atoms with Crippen LogP contribution in [0.3, 0.4) is 0 Å². The van der Waals surface area contributed by atoms with Crippen molar-refractivity contribution < 1.29 is 9.53 Å². The van der Waals surface area contributed by atoms with Gasteiger partial charge in [0.25, 0.3) is 0 Å². The summed E-state index contributed by atoms with van der Waals surface area (Å²) in [5.74, 6) is 1.34. The molecule has 3 rings (SSSR count). The van der Waals surface area contributed by atoms with Crippen molar-refractivity contribution in [2.24, 2.45) is 11.8 Å². The van der Waals surface area contributed by atoms with E-state index < -0.39 is 5.60 Å². The molecule has 1 N–H and O–H groups in total. The summed E-state index contributed by atoms with van der Waals surface area (Å²) in [7, 11) is 0. The highest BCUT2D eigenvalue weighted by Crippen LogP contribution is 2.40. The first-order valence-electron chi connectivity index (χ1n) is 10.8. The number of hydrogen-bond acceptors (Lipinski definition) is 3. The Bertz CT molecular complexity index is 670. The normalized spacial score (nSPS) is 23.6. The molecular weight excluding hydrogens is 348 g/mol. The van der Waals surface area contributed by atoms with Crippen LogP contribution >= 0.6 is 0 Å². The highest BCUT2D eigenvalue weighted by Gasteiger charge is 2.39. The maximum Gasteiger partial charge on any atom is 0.410 e. The van der Waals surface area contributed by atoms with E-state index in [1.54, 1.807) is 5.57 Å². The summed E-state index contributed by atoms with van der Waals surface area (Å²) in [5, 5.41) is 3.78. The van der Waals surface area contributed by atoms with Crippen molar-refractivity contribution in [3.05, 3.63) is 41.5 Å². The molecule has 154 valence electrons. The maximum absolute atomic E-state index is 12.2. The average Bonchev–Trinajstić information content (AvgIpc) is 3.44. The van der Waals surface area contributed by atoms with Crippen molar-refractivity contribution in [2.45, 2.75) is 65.0 Å². The molecule has 28 heavy (non-hydrogen) atoms. The molecule has 0 radical (unpaired) electrons. The lowest BCUT2D eigenvalue weighted by Crippen LogP contribution is -2.43. The Morgan fingerprint density at radius 3 is 2.50 bits per heavy atom. The lowest BCUT2D eigenvalue weighted by atomic mass is 9.97. The van der Waals surface area contributed by atoms with Crippen LogP contribution in [0.2, 0.25) is 0 Å². The van der Waals surface area contributed by atoms with E-state index in [-0.39, 0.29) is 6.09 Å². The number of ether oxygens (including phenoxy) is 1. The molecule has 0 spiro atoms. The van der Waals surface area contributed by atoms with Gasteiger partial charge in [0.1, 0.15) is 5.60 Å². The van der Waals surface area contributed by atoms with Crippen molar-refractivity contribution in [2.75, 3.05) is 19.6 Å². The SMILES string of the molecule is CC/C(=C\c1ccccc1)C1CC1NCC1CCN(C(=O)OC(C)(C)C)CC1. The van der Waals surface area contributed by atoms with Gasteiger partial charge in [-0.05, 0) is 70.4 Å². The van der Waals surface area contributed by atoms with Crippen LogP contribution in [0, 0.1) is 11.8 Å². The van der Waals surface area contributed by atoms with Gasteiger partial charge >= 0.3 is 6.09 Å². The number of carbonyl (C=O) groups is 1. The number of likely N-dealkylation sites (tertiary alicyclic amines) is 1. The molecule has 1 aliphatic heterocycles. The van der Waals surface area contributed by atoms with Crippen molar-refractivity contribution in [3.8, 4) is 0 Å². The molecule has 4 heteroatoms. The van der Waals surface area contributed by atoms with Crippen LogP contribution in [0.25, 0.3) is 6.08 Å². The number of carbonyl (C=O) groups excluding carboxylic acids is 1. The number of piperidine rings is 1. The van der Waals surface area contributed by atoms with Crippen LogP contribution < -0.4 is 5.32 Å². The molecule has 1 amide bonds. The largest absolute Gasteiger partial charge is 0.444 e. The summed E-state index contributed by atoms with van der Waals surface area (Å²) in [6.07, 6.45) is 6.69. The predicted molar refractivity (Wildman–Crippen MR) is 115 cm³/mol. The number of nitrogens with one attached hydrogen (secondary N) is 1. The zero-order valence-electron chi connectivity index (χ0n) is 17.9. The summed E-state index contributed by atoms with van der Waals surface area (Å²) >= 11 is 0. The molecule has 4 nitrogen and oxygen atoms in total. The van der Waals surface area contributed by atoms with Gasteiger partial charge in [-0.25, -0.2) is 4.79 Å². The predicted octanol–water partition coefficient (Wildman–Crippen LogP) is 5.11. The third-order valence-electron chi connectivity index (χ3n) is 5.76. The average molecular weight is 385 g/mol. The van der Waals surface area contributed by atoms with Gasteiger partial charge in [-0.2, -0.15) is 0 Å². The van der Waals surface area contributed by atoms with Gasteiger partial charge in [-0.1, -0.05) is 48.9 Å². The van der Waals surface area contributed by atoms with Gasteiger partial charge in [0.15, 0.2) is 0 Å². The Morgan fingerprint density at radius 1 is 1.21 bits per heavy atom. The Hall–Kier alpha value is -1.81. The number of rotatable bonds is 6. The van der Waals surface area contributed by atoms with Crippen LogP contribution in [0.15, 0.2) is 35.9 Å². The monoisotopic (exact) mass is 384 g/mol. The molecule has 1 aromatic rings. The van der Waals surface area contributed by atoms with Crippen LogP contribution in [0.5, 0.6) is 0 Å². The molecule has 1 heterocycles. The minimum Gasteiger partial charge on any atom is -0.444 e. The smallest absolute Gasteiger partial charge is 0.410 e. The van der Waals surface area contributed by atoms with Gasteiger partial charge in [0.05, 0.1) is 0 Å². The molecule has 0 bridgehead atoms. The van der Waals surface area contributed by atoms with Crippen molar-refractivity contribution >= 4 is 12.2 Å². The third-order valence-corrected chi connectivity index (χ3v) is 5.76. The molecule has 2 aliphatic rings. The minimum absolute atomic E-state index is 0.167. The Morgan fingerprint density at radius 2 is 1.89 bits per heavy atom. The van der Waals surface area contributed by atoms with E-state index in [1.165, 1.54) is 12.0 Å². The molecular formula is C24H36N2O2. The van der Waals surface area contributed by atoms with E-state index >= 15 is 0 Å². The van der Waals surface area contributed by atoms with Crippen molar-refractivity contribution in [1.82, 2.24) is 10.2 Å². The van der Waals surface area contributed by atoms with E-state index in [4.69, 9.17) is 4.74 Å². The molecule has 2 unspecified atom stereocenters. The van der Waals surface area contributed by atoms with Gasteiger partial charge in [0, 0.05) is 19.1 Å². The summed E-state index contributed by atoms with van der Waals surface area (Å²) in [6, 6.07) is 11.3. The molecule has 1 aromatic carbocycles. The van der Waals surface area contributed by atoms with E-state index in [9.17, 15) is 4.79 Å². The van der Waals surface area contributed by atoms with E-state index in [1.807, 2.05) is 25.7 Å². The first-order chi connectivity index (χ1) is 13.4. The Labute approximate surface area is 170 Å². The number of amides is 1. The Kier molecular flexibility index (Phi) is 6.82. The van der Waals surface area contributed by atoms with Gasteiger partial charge in [-0.3, -0.25) is 0 Å².